The van der Waals surface area contributed by atoms with Crippen LogP contribution in [0.25, 0.3) is 33.2 Å². The van der Waals surface area contributed by atoms with Gasteiger partial charge >= 0.3 is 0 Å². The van der Waals surface area contributed by atoms with Gasteiger partial charge in [-0.1, -0.05) is 24.3 Å². The maximum atomic E-state index is 13.2. The van der Waals surface area contributed by atoms with Gasteiger partial charge in [-0.2, -0.15) is 5.10 Å². The predicted octanol–water partition coefficient (Wildman–Crippen LogP) is 4.48. The first-order valence-corrected chi connectivity index (χ1v) is 13.1. The van der Waals surface area contributed by atoms with Crippen molar-refractivity contribution in [1.82, 2.24) is 29.2 Å². The molecule has 200 valence electrons. The van der Waals surface area contributed by atoms with E-state index in [9.17, 15) is 4.79 Å². The van der Waals surface area contributed by atoms with Crippen LogP contribution >= 0.6 is 0 Å². The zero-order valence-corrected chi connectivity index (χ0v) is 22.5. The van der Waals surface area contributed by atoms with Gasteiger partial charge in [-0.25, -0.2) is 14.6 Å². The molecule has 1 aliphatic rings. The van der Waals surface area contributed by atoms with Crippen LogP contribution in [0.4, 0.5) is 11.5 Å². The number of nitrogens with zero attached hydrogens (tertiary/aromatic N) is 6. The molecule has 0 aliphatic carbocycles. The monoisotopic (exact) mass is 524 g/mol. The summed E-state index contributed by atoms with van der Waals surface area (Å²) >= 11 is 0. The number of hydrogen-bond donors (Lipinski definition) is 2. The number of hydrogen-bond acceptors (Lipinski definition) is 7. The Labute approximate surface area is 226 Å². The molecule has 4 heterocycles. The smallest absolute Gasteiger partial charge is 0.272 e. The number of nitrogens with two attached hydrogens (primary N) is 1. The van der Waals surface area contributed by atoms with Crippen molar-refractivity contribution in [3.63, 3.8) is 0 Å². The Balaban J connectivity index is 1.35. The van der Waals surface area contributed by atoms with Gasteiger partial charge in [0.2, 0.25) is 0 Å². The van der Waals surface area contributed by atoms with Crippen LogP contribution in [-0.2, 0) is 7.05 Å². The molecule has 10 nitrogen and oxygen atoms in total. The van der Waals surface area contributed by atoms with Crippen molar-refractivity contribution < 1.29 is 9.53 Å². The number of carbonyl (C=O) groups excluding carboxylic acids is 1. The maximum Gasteiger partial charge on any atom is 0.272 e. The first kappa shape index (κ1) is 24.9. The Kier molecular flexibility index (Phi) is 6.19. The lowest BCUT2D eigenvalue weighted by Crippen LogP contribution is -2.28. The summed E-state index contributed by atoms with van der Waals surface area (Å²) in [6.45, 7) is 6.34. The van der Waals surface area contributed by atoms with Crippen molar-refractivity contribution in [3.8, 4) is 17.0 Å². The Morgan fingerprint density at radius 1 is 1.15 bits per heavy atom. The zero-order chi connectivity index (χ0) is 27.3. The molecule has 0 radical (unpaired) electrons. The molecule has 1 unspecified atom stereocenters. The molecular formula is C29H32N8O2. The number of aryl methyl sites for hydroxylation is 1. The lowest BCUT2D eigenvalue weighted by Gasteiger charge is -2.20. The minimum absolute atomic E-state index is 0.194. The van der Waals surface area contributed by atoms with Crippen molar-refractivity contribution in [1.29, 1.82) is 0 Å². The number of likely N-dealkylation sites (tertiary alicyclic amines) is 1. The summed E-state index contributed by atoms with van der Waals surface area (Å²) in [5.41, 5.74) is 10.7. The van der Waals surface area contributed by atoms with Crippen LogP contribution in [-0.4, -0.2) is 61.4 Å². The molecule has 6 rings (SSSR count). The van der Waals surface area contributed by atoms with E-state index >= 15 is 0 Å². The first-order valence-electron chi connectivity index (χ1n) is 13.1. The van der Waals surface area contributed by atoms with Crippen LogP contribution < -0.4 is 15.8 Å². The molecule has 1 fully saturated rings. The highest BCUT2D eigenvalue weighted by Gasteiger charge is 2.29. The van der Waals surface area contributed by atoms with Crippen LogP contribution in [0.1, 0.15) is 36.8 Å². The second kappa shape index (κ2) is 9.70. The van der Waals surface area contributed by atoms with Gasteiger partial charge in [-0.15, -0.1) is 0 Å². The summed E-state index contributed by atoms with van der Waals surface area (Å²) in [5, 5.41) is 9.74. The average molecular weight is 525 g/mol. The van der Waals surface area contributed by atoms with Gasteiger partial charge in [0, 0.05) is 42.6 Å². The molecule has 0 bridgehead atoms. The van der Waals surface area contributed by atoms with Gasteiger partial charge in [0.15, 0.2) is 5.65 Å². The quantitative estimate of drug-likeness (QED) is 0.336. The summed E-state index contributed by atoms with van der Waals surface area (Å²) in [4.78, 5) is 24.5. The van der Waals surface area contributed by atoms with E-state index in [-0.39, 0.29) is 11.9 Å². The molecule has 10 heteroatoms. The van der Waals surface area contributed by atoms with Gasteiger partial charge in [0.05, 0.1) is 24.2 Å². The SMILES string of the molecule is COc1cc(-c2nn(C3CCN(C(C)C)C3)c3ncnc(N)c23)ccc1NC(=O)c1cc2ccccc2n1C. The fraction of sp³-hybridized carbons (Fsp3) is 0.310. The molecule has 3 aromatic heterocycles. The summed E-state index contributed by atoms with van der Waals surface area (Å²) in [6, 6.07) is 16.1. The molecule has 0 saturated carbocycles. The molecule has 1 aliphatic heterocycles. The van der Waals surface area contributed by atoms with Crippen LogP contribution in [0.3, 0.4) is 0 Å². The van der Waals surface area contributed by atoms with Crippen LogP contribution in [0.2, 0.25) is 0 Å². The second-order valence-electron chi connectivity index (χ2n) is 10.3. The van der Waals surface area contributed by atoms with E-state index < -0.39 is 0 Å². The maximum absolute atomic E-state index is 13.2. The third kappa shape index (κ3) is 4.26. The van der Waals surface area contributed by atoms with E-state index in [0.29, 0.717) is 34.7 Å². The number of anilines is 2. The van der Waals surface area contributed by atoms with Gasteiger partial charge in [0.25, 0.3) is 5.91 Å². The number of benzene rings is 2. The normalized spacial score (nSPS) is 16.0. The number of rotatable bonds is 6. The minimum atomic E-state index is -0.219. The van der Waals surface area contributed by atoms with Crippen molar-refractivity contribution in [2.24, 2.45) is 7.05 Å². The van der Waals surface area contributed by atoms with E-state index in [1.165, 1.54) is 6.33 Å². The number of nitrogen functional groups attached to an aromatic ring is 1. The molecule has 1 amide bonds. The minimum Gasteiger partial charge on any atom is -0.495 e. The zero-order valence-electron chi connectivity index (χ0n) is 22.5. The molecule has 1 atom stereocenters. The van der Waals surface area contributed by atoms with Crippen molar-refractivity contribution in [2.45, 2.75) is 32.4 Å². The van der Waals surface area contributed by atoms with Crippen molar-refractivity contribution in [2.75, 3.05) is 31.2 Å². The van der Waals surface area contributed by atoms with Gasteiger partial charge in [-0.05, 0) is 44.5 Å². The largest absolute Gasteiger partial charge is 0.495 e. The molecule has 5 aromatic rings. The number of para-hydroxylation sites is 1. The summed E-state index contributed by atoms with van der Waals surface area (Å²) < 4.78 is 9.58. The predicted molar refractivity (Wildman–Crippen MR) is 153 cm³/mol. The molecule has 2 aromatic carbocycles. The van der Waals surface area contributed by atoms with Gasteiger partial charge in [-0.3, -0.25) is 9.69 Å². The Morgan fingerprint density at radius 3 is 2.72 bits per heavy atom. The number of fused-ring (bicyclic) bond motifs is 2. The summed E-state index contributed by atoms with van der Waals surface area (Å²) in [7, 11) is 3.47. The number of methoxy groups -OCH3 is 1. The third-order valence-corrected chi connectivity index (χ3v) is 7.70. The van der Waals surface area contributed by atoms with E-state index in [1.807, 2.05) is 64.8 Å². The summed E-state index contributed by atoms with van der Waals surface area (Å²) in [5.74, 6) is 0.680. The fourth-order valence-electron chi connectivity index (χ4n) is 5.52. The van der Waals surface area contributed by atoms with E-state index in [0.717, 1.165) is 47.0 Å². The number of carbonyl (C=O) groups is 1. The number of nitrogens with one attached hydrogen (secondary N) is 1. The Hall–Kier alpha value is -4.44. The van der Waals surface area contributed by atoms with Gasteiger partial charge < -0.3 is 20.4 Å². The first-order chi connectivity index (χ1) is 18.9. The van der Waals surface area contributed by atoms with E-state index in [1.54, 1.807) is 7.11 Å². The van der Waals surface area contributed by atoms with Crippen LogP contribution in [0, 0.1) is 0 Å². The van der Waals surface area contributed by atoms with E-state index in [2.05, 4.69) is 34.0 Å². The number of ether oxygens (including phenoxy) is 1. The lowest BCUT2D eigenvalue weighted by molar-refractivity contribution is 0.101. The average Bonchev–Trinajstić information content (AvgIpc) is 3.65. The number of amides is 1. The fourth-order valence-corrected chi connectivity index (χ4v) is 5.52. The Morgan fingerprint density at radius 2 is 1.97 bits per heavy atom. The van der Waals surface area contributed by atoms with Gasteiger partial charge in [0.1, 0.15) is 29.3 Å². The lowest BCUT2D eigenvalue weighted by atomic mass is 10.1. The molecule has 0 spiro atoms. The van der Waals surface area contributed by atoms with E-state index in [4.69, 9.17) is 15.6 Å². The Bertz CT molecular complexity index is 1700. The molecule has 3 N–H and O–H groups in total. The highest BCUT2D eigenvalue weighted by Crippen LogP contribution is 2.37. The third-order valence-electron chi connectivity index (χ3n) is 7.70. The van der Waals surface area contributed by atoms with Crippen LogP contribution in [0.5, 0.6) is 5.75 Å². The van der Waals surface area contributed by atoms with Crippen molar-refractivity contribution >= 4 is 39.3 Å². The molecule has 1 saturated heterocycles. The number of aromatic nitrogens is 5. The topological polar surface area (TPSA) is 116 Å². The second-order valence-corrected chi connectivity index (χ2v) is 10.3. The molecule has 39 heavy (non-hydrogen) atoms. The highest BCUT2D eigenvalue weighted by molar-refractivity contribution is 6.07. The standard InChI is InChI=1S/C29H32N8O2/c1-17(2)36-12-11-20(15-36)37-28-25(27(30)31-16-32-28)26(34-37)19-9-10-21(24(14-19)39-4)33-29(38)23-13-18-7-5-6-8-22(18)35(23)3/h5-10,13-14,16-17,20H,11-12,15H2,1-4H3,(H,33,38)(H2,30,31,32). The molecular weight excluding hydrogens is 492 g/mol. The highest BCUT2D eigenvalue weighted by atomic mass is 16.5. The van der Waals surface area contributed by atoms with Crippen molar-refractivity contribution in [3.05, 3.63) is 60.6 Å². The summed E-state index contributed by atoms with van der Waals surface area (Å²) in [6.07, 6.45) is 2.47. The van der Waals surface area contributed by atoms with Crippen LogP contribution in [0.15, 0.2) is 54.9 Å².